The summed E-state index contributed by atoms with van der Waals surface area (Å²) in [5.74, 6) is 1.22. The molecule has 0 saturated heterocycles. The van der Waals surface area contributed by atoms with Crippen molar-refractivity contribution in [3.05, 3.63) is 28.7 Å². The Bertz CT molecular complexity index is 739. The first-order valence-electron chi connectivity index (χ1n) is 6.56. The lowest BCUT2D eigenvalue weighted by Gasteiger charge is -2.14. The number of nitrogen functional groups attached to an aromatic ring is 1. The molecule has 3 rings (SSSR count). The maximum Gasteiger partial charge on any atom is 0.146 e. The molecule has 0 aliphatic heterocycles. The highest BCUT2D eigenvalue weighted by molar-refractivity contribution is 7.18. The lowest BCUT2D eigenvalue weighted by molar-refractivity contribution is 0.215. The minimum absolute atomic E-state index is 0.121. The Morgan fingerprint density at radius 3 is 2.90 bits per heavy atom. The molecule has 0 amide bonds. The van der Waals surface area contributed by atoms with Crippen molar-refractivity contribution >= 4 is 38.7 Å². The highest BCUT2D eigenvalue weighted by atomic mass is 32.1. The highest BCUT2D eigenvalue weighted by Gasteiger charge is 2.14. The number of rotatable bonds is 5. The van der Waals surface area contributed by atoms with Crippen molar-refractivity contribution in [2.75, 3.05) is 25.9 Å². The van der Waals surface area contributed by atoms with Crippen LogP contribution in [0.15, 0.2) is 22.9 Å². The monoisotopic (exact) mass is 320 g/mol. The molecule has 7 heteroatoms. The first kappa shape index (κ1) is 14.4. The van der Waals surface area contributed by atoms with E-state index in [1.165, 1.54) is 4.88 Å². The van der Waals surface area contributed by atoms with Gasteiger partial charge in [-0.3, -0.25) is 4.90 Å². The molecular formula is C14H16N4OS2. The number of thiophene rings is 2. The van der Waals surface area contributed by atoms with E-state index in [-0.39, 0.29) is 6.61 Å². The fourth-order valence-corrected chi connectivity index (χ4v) is 3.98. The van der Waals surface area contributed by atoms with Gasteiger partial charge in [-0.25, -0.2) is 9.97 Å². The van der Waals surface area contributed by atoms with E-state index >= 15 is 0 Å². The van der Waals surface area contributed by atoms with Crippen LogP contribution in [0.3, 0.4) is 0 Å². The zero-order valence-corrected chi connectivity index (χ0v) is 13.2. The maximum absolute atomic E-state index is 8.95. The van der Waals surface area contributed by atoms with Crippen LogP contribution in [0.5, 0.6) is 0 Å². The van der Waals surface area contributed by atoms with Gasteiger partial charge in [-0.2, -0.15) is 0 Å². The Morgan fingerprint density at radius 2 is 2.19 bits per heavy atom. The molecule has 0 atom stereocenters. The van der Waals surface area contributed by atoms with Gasteiger partial charge in [-0.15, -0.1) is 22.7 Å². The minimum Gasteiger partial charge on any atom is -0.395 e. The van der Waals surface area contributed by atoms with Gasteiger partial charge < -0.3 is 10.8 Å². The van der Waals surface area contributed by atoms with Gasteiger partial charge in [0.2, 0.25) is 0 Å². The van der Waals surface area contributed by atoms with Crippen molar-refractivity contribution in [3.63, 3.8) is 0 Å². The van der Waals surface area contributed by atoms with Crippen molar-refractivity contribution in [2.45, 2.75) is 6.54 Å². The molecule has 0 aliphatic carbocycles. The van der Waals surface area contributed by atoms with Crippen molar-refractivity contribution < 1.29 is 5.11 Å². The second kappa shape index (κ2) is 6.07. The van der Waals surface area contributed by atoms with Crippen LogP contribution in [0.2, 0.25) is 0 Å². The highest BCUT2D eigenvalue weighted by Crippen LogP contribution is 2.37. The van der Waals surface area contributed by atoms with Gasteiger partial charge in [0.05, 0.1) is 18.5 Å². The number of aliphatic hydroxyl groups is 1. The first-order valence-corrected chi connectivity index (χ1v) is 8.32. The molecule has 0 saturated carbocycles. The SMILES string of the molecule is CN(CCO)Cc1nc(N)c2c(-c3cccs3)csc2n1. The van der Waals surface area contributed by atoms with E-state index in [4.69, 9.17) is 10.8 Å². The van der Waals surface area contributed by atoms with Gasteiger partial charge in [0.25, 0.3) is 0 Å². The van der Waals surface area contributed by atoms with Crippen LogP contribution >= 0.6 is 22.7 Å². The fourth-order valence-electron chi connectivity index (χ4n) is 2.19. The smallest absolute Gasteiger partial charge is 0.146 e. The summed E-state index contributed by atoms with van der Waals surface area (Å²) in [7, 11) is 1.92. The lowest BCUT2D eigenvalue weighted by atomic mass is 10.2. The number of hydrogen-bond acceptors (Lipinski definition) is 7. The van der Waals surface area contributed by atoms with E-state index in [0.29, 0.717) is 24.7 Å². The third-order valence-electron chi connectivity index (χ3n) is 3.19. The van der Waals surface area contributed by atoms with E-state index in [9.17, 15) is 0 Å². The molecule has 21 heavy (non-hydrogen) atoms. The molecular weight excluding hydrogens is 304 g/mol. The summed E-state index contributed by atoms with van der Waals surface area (Å²) >= 11 is 3.27. The zero-order valence-electron chi connectivity index (χ0n) is 11.6. The van der Waals surface area contributed by atoms with Gasteiger partial charge in [-0.1, -0.05) is 6.07 Å². The maximum atomic E-state index is 8.95. The molecule has 0 radical (unpaired) electrons. The number of aromatic nitrogens is 2. The fraction of sp³-hybridized carbons (Fsp3) is 0.286. The zero-order chi connectivity index (χ0) is 14.8. The third-order valence-corrected chi connectivity index (χ3v) is 4.96. The molecule has 3 N–H and O–H groups in total. The van der Waals surface area contributed by atoms with E-state index < -0.39 is 0 Å². The number of nitrogens with zero attached hydrogens (tertiary/aromatic N) is 3. The number of anilines is 1. The molecule has 3 aromatic rings. The number of likely N-dealkylation sites (N-methyl/N-ethyl adjacent to an activating group) is 1. The Labute approximate surface area is 130 Å². The molecule has 3 heterocycles. The lowest BCUT2D eigenvalue weighted by Crippen LogP contribution is -2.22. The van der Waals surface area contributed by atoms with Gasteiger partial charge in [-0.05, 0) is 18.5 Å². The number of nitrogens with two attached hydrogens (primary N) is 1. The van der Waals surface area contributed by atoms with Crippen molar-refractivity contribution in [1.29, 1.82) is 0 Å². The van der Waals surface area contributed by atoms with Crippen LogP contribution < -0.4 is 5.73 Å². The third kappa shape index (κ3) is 2.91. The average Bonchev–Trinajstić information content (AvgIpc) is 3.06. The van der Waals surface area contributed by atoms with Gasteiger partial charge in [0, 0.05) is 22.4 Å². The van der Waals surface area contributed by atoms with E-state index in [1.54, 1.807) is 22.7 Å². The summed E-state index contributed by atoms with van der Waals surface area (Å²) in [4.78, 5) is 13.1. The molecule has 3 aromatic heterocycles. The van der Waals surface area contributed by atoms with Crippen LogP contribution in [0, 0.1) is 0 Å². The summed E-state index contributed by atoms with van der Waals surface area (Å²) in [5, 5.41) is 14.0. The molecule has 5 nitrogen and oxygen atoms in total. The first-order chi connectivity index (χ1) is 10.2. The van der Waals surface area contributed by atoms with Gasteiger partial charge in [0.1, 0.15) is 16.5 Å². The summed E-state index contributed by atoms with van der Waals surface area (Å²) in [6.45, 7) is 1.29. The quantitative estimate of drug-likeness (QED) is 0.755. The van der Waals surface area contributed by atoms with Gasteiger partial charge in [0.15, 0.2) is 0 Å². The topological polar surface area (TPSA) is 75.3 Å². The van der Waals surface area contributed by atoms with Crippen LogP contribution in [0.4, 0.5) is 5.82 Å². The Balaban J connectivity index is 1.99. The molecule has 0 aromatic carbocycles. The predicted molar refractivity (Wildman–Crippen MR) is 88.6 cm³/mol. The largest absolute Gasteiger partial charge is 0.395 e. The summed E-state index contributed by atoms with van der Waals surface area (Å²) in [6.07, 6.45) is 0. The standard InChI is InChI=1S/C14H16N4OS2/c1-18(4-5-19)7-11-16-13(15)12-9(8-21-14(12)17-11)10-3-2-6-20-10/h2-3,6,8,19H,4-5,7H2,1H3,(H2,15,16,17). The van der Waals surface area contributed by atoms with Crippen LogP contribution in [0.1, 0.15) is 5.82 Å². The Kier molecular flexibility index (Phi) is 4.16. The van der Waals surface area contributed by atoms with Crippen LogP contribution in [-0.2, 0) is 6.54 Å². The second-order valence-electron chi connectivity index (χ2n) is 4.79. The van der Waals surface area contributed by atoms with E-state index in [2.05, 4.69) is 21.4 Å². The van der Waals surface area contributed by atoms with E-state index in [1.807, 2.05) is 23.4 Å². The predicted octanol–water partition coefficient (Wildman–Crippen LogP) is 2.43. The second-order valence-corrected chi connectivity index (χ2v) is 6.60. The summed E-state index contributed by atoms with van der Waals surface area (Å²) in [6, 6.07) is 4.10. The van der Waals surface area contributed by atoms with Crippen LogP contribution in [0.25, 0.3) is 20.7 Å². The summed E-state index contributed by atoms with van der Waals surface area (Å²) in [5.41, 5.74) is 7.26. The van der Waals surface area contributed by atoms with Gasteiger partial charge >= 0.3 is 0 Å². The molecule has 0 aliphatic rings. The number of hydrogen-bond donors (Lipinski definition) is 2. The van der Waals surface area contributed by atoms with Crippen molar-refractivity contribution in [1.82, 2.24) is 14.9 Å². The molecule has 0 unspecified atom stereocenters. The molecule has 110 valence electrons. The summed E-state index contributed by atoms with van der Waals surface area (Å²) < 4.78 is 0. The van der Waals surface area contributed by atoms with Crippen LogP contribution in [-0.4, -0.2) is 40.2 Å². The van der Waals surface area contributed by atoms with Crippen molar-refractivity contribution in [2.24, 2.45) is 0 Å². The Morgan fingerprint density at radius 1 is 1.33 bits per heavy atom. The Hall–Kier alpha value is -1.54. The number of fused-ring (bicyclic) bond motifs is 1. The molecule has 0 fully saturated rings. The van der Waals surface area contributed by atoms with E-state index in [0.717, 1.165) is 15.8 Å². The van der Waals surface area contributed by atoms with Crippen molar-refractivity contribution in [3.8, 4) is 10.4 Å². The molecule has 0 bridgehead atoms. The normalized spacial score (nSPS) is 11.6. The molecule has 0 spiro atoms. The number of aliphatic hydroxyl groups excluding tert-OH is 1. The minimum atomic E-state index is 0.121. The average molecular weight is 320 g/mol.